The number of methoxy groups -OCH3 is 1. The van der Waals surface area contributed by atoms with Crippen molar-refractivity contribution in [3.8, 4) is 0 Å². The Labute approximate surface area is 120 Å². The number of rotatable bonds is 7. The maximum atomic E-state index is 11.8. The molecule has 0 aromatic heterocycles. The fourth-order valence-electron chi connectivity index (χ4n) is 2.01. The highest BCUT2D eigenvalue weighted by atomic mass is 16.5. The average Bonchev–Trinajstić information content (AvgIpc) is 2.36. The van der Waals surface area contributed by atoms with Gasteiger partial charge in [0.15, 0.2) is 0 Å². The van der Waals surface area contributed by atoms with Gasteiger partial charge >= 0.3 is 6.03 Å². The molecule has 1 aromatic carbocycles. The van der Waals surface area contributed by atoms with Crippen LogP contribution < -0.4 is 10.6 Å². The van der Waals surface area contributed by atoms with Crippen molar-refractivity contribution < 1.29 is 14.6 Å². The van der Waals surface area contributed by atoms with E-state index in [1.54, 1.807) is 14.0 Å². The van der Waals surface area contributed by atoms with Crippen molar-refractivity contribution in [2.75, 3.05) is 19.0 Å². The number of anilines is 1. The van der Waals surface area contributed by atoms with Crippen LogP contribution in [0.2, 0.25) is 0 Å². The van der Waals surface area contributed by atoms with Crippen LogP contribution >= 0.6 is 0 Å². The summed E-state index contributed by atoms with van der Waals surface area (Å²) in [5.41, 5.74) is 1.74. The molecule has 2 amide bonds. The van der Waals surface area contributed by atoms with Gasteiger partial charge in [0.2, 0.25) is 0 Å². The largest absolute Gasteiger partial charge is 0.393 e. The number of urea groups is 1. The van der Waals surface area contributed by atoms with Crippen LogP contribution in [0.5, 0.6) is 0 Å². The fraction of sp³-hybridized carbons (Fsp3) is 0.533. The Morgan fingerprint density at radius 2 is 2.15 bits per heavy atom. The van der Waals surface area contributed by atoms with Crippen LogP contribution in [0.1, 0.15) is 25.8 Å². The first-order valence-corrected chi connectivity index (χ1v) is 6.82. The molecular formula is C15H24N2O3. The molecular weight excluding hydrogens is 256 g/mol. The molecule has 0 heterocycles. The van der Waals surface area contributed by atoms with Crippen LogP contribution in [0.3, 0.4) is 0 Å². The van der Waals surface area contributed by atoms with Crippen molar-refractivity contribution in [1.29, 1.82) is 0 Å². The summed E-state index contributed by atoms with van der Waals surface area (Å²) in [7, 11) is 1.64. The first kappa shape index (κ1) is 16.5. The Bertz CT molecular complexity index is 421. The van der Waals surface area contributed by atoms with E-state index in [9.17, 15) is 9.90 Å². The average molecular weight is 280 g/mol. The van der Waals surface area contributed by atoms with Crippen LogP contribution in [0, 0.1) is 5.92 Å². The molecule has 0 aliphatic carbocycles. The number of hydrogen-bond acceptors (Lipinski definition) is 3. The smallest absolute Gasteiger partial charge is 0.319 e. The Balaban J connectivity index is 2.40. The Morgan fingerprint density at radius 3 is 2.80 bits per heavy atom. The van der Waals surface area contributed by atoms with E-state index in [1.807, 2.05) is 31.2 Å². The molecule has 0 radical (unpaired) electrons. The van der Waals surface area contributed by atoms with Gasteiger partial charge in [-0.2, -0.15) is 0 Å². The highest BCUT2D eigenvalue weighted by molar-refractivity contribution is 5.89. The van der Waals surface area contributed by atoms with E-state index in [4.69, 9.17) is 4.74 Å². The lowest BCUT2D eigenvalue weighted by molar-refractivity contribution is 0.163. The summed E-state index contributed by atoms with van der Waals surface area (Å²) in [6.45, 7) is 4.79. The van der Waals surface area contributed by atoms with Crippen molar-refractivity contribution in [1.82, 2.24) is 5.32 Å². The molecule has 0 saturated heterocycles. The lowest BCUT2D eigenvalue weighted by Gasteiger charge is -2.15. The van der Waals surface area contributed by atoms with Crippen molar-refractivity contribution >= 4 is 11.7 Å². The number of hydrogen-bond donors (Lipinski definition) is 3. The van der Waals surface area contributed by atoms with Crippen LogP contribution in [0.15, 0.2) is 24.3 Å². The van der Waals surface area contributed by atoms with E-state index in [0.717, 1.165) is 11.3 Å². The number of benzene rings is 1. The first-order chi connectivity index (χ1) is 9.51. The van der Waals surface area contributed by atoms with Gasteiger partial charge in [0.1, 0.15) is 0 Å². The minimum absolute atomic E-state index is 0.237. The number of ether oxygens (including phenoxy) is 1. The zero-order valence-electron chi connectivity index (χ0n) is 12.3. The molecule has 1 aromatic rings. The Kier molecular flexibility index (Phi) is 7.04. The predicted molar refractivity (Wildman–Crippen MR) is 79.6 cm³/mol. The molecule has 5 nitrogen and oxygen atoms in total. The molecule has 0 fully saturated rings. The fourth-order valence-corrected chi connectivity index (χ4v) is 2.01. The first-order valence-electron chi connectivity index (χ1n) is 6.82. The molecule has 2 unspecified atom stereocenters. The summed E-state index contributed by atoms with van der Waals surface area (Å²) < 4.78 is 5.05. The van der Waals surface area contributed by atoms with Gasteiger partial charge in [0.25, 0.3) is 0 Å². The number of aliphatic hydroxyl groups is 1. The monoisotopic (exact) mass is 280 g/mol. The van der Waals surface area contributed by atoms with Gasteiger partial charge in [-0.1, -0.05) is 19.1 Å². The summed E-state index contributed by atoms with van der Waals surface area (Å²) in [5.74, 6) is 0.237. The van der Waals surface area contributed by atoms with Crippen LogP contribution in [0.4, 0.5) is 10.5 Å². The standard InChI is InChI=1S/C15H24N2O3/c1-11(7-12(2)18)9-16-15(19)17-14-6-4-5-13(8-14)10-20-3/h4-6,8,11-12,18H,7,9-10H2,1-3H3,(H2,16,17,19). The zero-order chi connectivity index (χ0) is 15.0. The lowest BCUT2D eigenvalue weighted by atomic mass is 10.1. The molecule has 0 aliphatic heterocycles. The van der Waals surface area contributed by atoms with E-state index >= 15 is 0 Å². The topological polar surface area (TPSA) is 70.6 Å². The second-order valence-corrected chi connectivity index (χ2v) is 5.16. The van der Waals surface area contributed by atoms with Gasteiger partial charge in [-0.3, -0.25) is 0 Å². The number of carbonyl (C=O) groups excluding carboxylic acids is 1. The van der Waals surface area contributed by atoms with E-state index < -0.39 is 0 Å². The van der Waals surface area contributed by atoms with Crippen LogP contribution in [0.25, 0.3) is 0 Å². The molecule has 112 valence electrons. The second-order valence-electron chi connectivity index (χ2n) is 5.16. The molecule has 3 N–H and O–H groups in total. The highest BCUT2D eigenvalue weighted by Crippen LogP contribution is 2.11. The molecule has 0 spiro atoms. The van der Waals surface area contributed by atoms with Gasteiger partial charge in [-0.25, -0.2) is 4.79 Å². The molecule has 0 bridgehead atoms. The number of aliphatic hydroxyl groups excluding tert-OH is 1. The maximum absolute atomic E-state index is 11.8. The van der Waals surface area contributed by atoms with E-state index in [1.165, 1.54) is 0 Å². The molecule has 5 heteroatoms. The molecule has 20 heavy (non-hydrogen) atoms. The third-order valence-electron chi connectivity index (χ3n) is 2.85. The molecule has 0 saturated carbocycles. The number of carbonyl (C=O) groups is 1. The minimum atomic E-state index is -0.347. The van der Waals surface area contributed by atoms with E-state index in [-0.39, 0.29) is 18.1 Å². The molecule has 0 aliphatic rings. The maximum Gasteiger partial charge on any atom is 0.319 e. The van der Waals surface area contributed by atoms with Gasteiger partial charge in [-0.15, -0.1) is 0 Å². The minimum Gasteiger partial charge on any atom is -0.393 e. The third kappa shape index (κ3) is 6.54. The molecule has 1 rings (SSSR count). The van der Waals surface area contributed by atoms with Crippen molar-refractivity contribution in [3.63, 3.8) is 0 Å². The SMILES string of the molecule is COCc1cccc(NC(=O)NCC(C)CC(C)O)c1. The number of amides is 2. The summed E-state index contributed by atoms with van der Waals surface area (Å²) in [5, 5.41) is 14.8. The van der Waals surface area contributed by atoms with E-state index in [2.05, 4.69) is 10.6 Å². The Hall–Kier alpha value is -1.59. The van der Waals surface area contributed by atoms with Crippen LogP contribution in [-0.2, 0) is 11.3 Å². The van der Waals surface area contributed by atoms with Crippen molar-refractivity contribution in [2.45, 2.75) is 33.0 Å². The quantitative estimate of drug-likeness (QED) is 0.718. The second kappa shape index (κ2) is 8.55. The number of nitrogens with one attached hydrogen (secondary N) is 2. The summed E-state index contributed by atoms with van der Waals surface area (Å²) in [6, 6.07) is 7.29. The van der Waals surface area contributed by atoms with Gasteiger partial charge in [-0.05, 0) is 37.0 Å². The highest BCUT2D eigenvalue weighted by Gasteiger charge is 2.08. The van der Waals surface area contributed by atoms with Gasteiger partial charge < -0.3 is 20.5 Å². The van der Waals surface area contributed by atoms with Gasteiger partial charge in [0.05, 0.1) is 12.7 Å². The predicted octanol–water partition coefficient (Wildman–Crippen LogP) is 2.36. The van der Waals surface area contributed by atoms with Crippen molar-refractivity contribution in [3.05, 3.63) is 29.8 Å². The van der Waals surface area contributed by atoms with Crippen molar-refractivity contribution in [2.24, 2.45) is 5.92 Å². The summed E-state index contributed by atoms with van der Waals surface area (Å²) in [4.78, 5) is 11.8. The molecule has 2 atom stereocenters. The third-order valence-corrected chi connectivity index (χ3v) is 2.85. The Morgan fingerprint density at radius 1 is 1.40 bits per heavy atom. The van der Waals surface area contributed by atoms with Crippen LogP contribution in [-0.4, -0.2) is 30.9 Å². The lowest BCUT2D eigenvalue weighted by Crippen LogP contribution is -2.33. The van der Waals surface area contributed by atoms with Gasteiger partial charge in [0, 0.05) is 19.3 Å². The van der Waals surface area contributed by atoms with E-state index in [0.29, 0.717) is 19.6 Å². The summed E-state index contributed by atoms with van der Waals surface area (Å²) in [6.07, 6.45) is 0.324. The normalized spacial score (nSPS) is 13.6. The zero-order valence-corrected chi connectivity index (χ0v) is 12.3. The summed E-state index contributed by atoms with van der Waals surface area (Å²) >= 11 is 0.